The van der Waals surface area contributed by atoms with Gasteiger partial charge in [-0.1, -0.05) is 0 Å². The van der Waals surface area contributed by atoms with Crippen LogP contribution in [-0.4, -0.2) is 23.9 Å². The van der Waals surface area contributed by atoms with Gasteiger partial charge in [0.1, 0.15) is 6.23 Å². The molecular weight excluding hydrogens is 125 g/mol. The molecule has 0 radical (unpaired) electrons. The summed E-state index contributed by atoms with van der Waals surface area (Å²) in [5.41, 5.74) is 0. The van der Waals surface area contributed by atoms with Crippen molar-refractivity contribution in [3.05, 3.63) is 0 Å². The van der Waals surface area contributed by atoms with Crippen molar-refractivity contribution in [3.8, 4) is 0 Å². The molecule has 9 heavy (non-hydrogen) atoms. The molecule has 0 bridgehead atoms. The van der Waals surface area contributed by atoms with Gasteiger partial charge in [-0.25, -0.2) is 0 Å². The van der Waals surface area contributed by atoms with Gasteiger partial charge in [0.25, 0.3) is 0 Å². The third-order valence-electron chi connectivity index (χ3n) is 0.752. The van der Waals surface area contributed by atoms with Crippen LogP contribution in [-0.2, 0) is 4.79 Å². The van der Waals surface area contributed by atoms with Gasteiger partial charge in [-0.3, -0.25) is 9.18 Å². The van der Waals surface area contributed by atoms with Gasteiger partial charge in [0.15, 0.2) is 0 Å². The number of hydrogen-bond acceptors (Lipinski definition) is 2. The molecule has 0 saturated carbocycles. The Morgan fingerprint density at radius 3 is 2.78 bits per heavy atom. The zero-order chi connectivity index (χ0) is 7.28. The van der Waals surface area contributed by atoms with Crippen molar-refractivity contribution in [2.45, 2.75) is 19.6 Å². The van der Waals surface area contributed by atoms with Gasteiger partial charge in [0.05, 0.1) is 6.67 Å². The summed E-state index contributed by atoms with van der Waals surface area (Å²) in [6, 6.07) is 0. The Balaban J connectivity index is 3.26. The molecule has 0 saturated heterocycles. The normalized spacial score (nSPS) is 12.8. The Bertz CT molecular complexity index is 97.0. The highest BCUT2D eigenvalue weighted by Gasteiger charge is 2.02. The average molecular weight is 135 g/mol. The number of alkyl halides is 1. The fourth-order valence-electron chi connectivity index (χ4n) is 0.410. The van der Waals surface area contributed by atoms with E-state index in [4.69, 9.17) is 5.11 Å². The summed E-state index contributed by atoms with van der Waals surface area (Å²) >= 11 is 0. The van der Waals surface area contributed by atoms with E-state index in [1.807, 2.05) is 0 Å². The molecule has 4 heteroatoms. The summed E-state index contributed by atoms with van der Waals surface area (Å²) in [6.45, 7) is 0.642. The minimum absolute atomic E-state index is 0.0421. The van der Waals surface area contributed by atoms with Crippen LogP contribution in [0.2, 0.25) is 0 Å². The van der Waals surface area contributed by atoms with E-state index >= 15 is 0 Å². The van der Waals surface area contributed by atoms with Gasteiger partial charge in [-0.2, -0.15) is 0 Å². The van der Waals surface area contributed by atoms with Crippen LogP contribution in [0.5, 0.6) is 0 Å². The molecule has 0 aliphatic rings. The van der Waals surface area contributed by atoms with Crippen LogP contribution in [0.3, 0.4) is 0 Å². The molecule has 0 aliphatic heterocycles. The van der Waals surface area contributed by atoms with E-state index in [1.165, 1.54) is 6.92 Å². The van der Waals surface area contributed by atoms with E-state index in [2.05, 4.69) is 5.32 Å². The van der Waals surface area contributed by atoms with Crippen LogP contribution in [0.25, 0.3) is 0 Å². The molecule has 0 rings (SSSR count). The number of aliphatic hydroxyl groups excluding tert-OH is 1. The van der Waals surface area contributed by atoms with Crippen LogP contribution in [0, 0.1) is 0 Å². The first-order valence-corrected chi connectivity index (χ1v) is 2.68. The van der Waals surface area contributed by atoms with E-state index in [0.717, 1.165) is 0 Å². The van der Waals surface area contributed by atoms with Gasteiger partial charge in [-0.05, 0) is 0 Å². The number of halogens is 1. The largest absolute Gasteiger partial charge is 0.374 e. The fraction of sp³-hybridized carbons (Fsp3) is 0.800. The molecule has 1 unspecified atom stereocenters. The van der Waals surface area contributed by atoms with Crippen LogP contribution in [0.15, 0.2) is 0 Å². The first-order valence-electron chi connectivity index (χ1n) is 2.68. The summed E-state index contributed by atoms with van der Waals surface area (Å²) in [6.07, 6.45) is -1.08. The van der Waals surface area contributed by atoms with Crippen molar-refractivity contribution in [1.29, 1.82) is 0 Å². The molecule has 0 aliphatic carbocycles. The van der Waals surface area contributed by atoms with Gasteiger partial charge in [-0.15, -0.1) is 0 Å². The molecule has 3 nitrogen and oxygen atoms in total. The lowest BCUT2D eigenvalue weighted by molar-refractivity contribution is -0.122. The van der Waals surface area contributed by atoms with Crippen molar-refractivity contribution in [3.63, 3.8) is 0 Å². The fourth-order valence-corrected chi connectivity index (χ4v) is 0.410. The Morgan fingerprint density at radius 2 is 2.44 bits per heavy atom. The lowest BCUT2D eigenvalue weighted by Gasteiger charge is -2.07. The summed E-state index contributed by atoms with van der Waals surface area (Å²) in [4.78, 5) is 10.1. The van der Waals surface area contributed by atoms with Crippen molar-refractivity contribution in [2.75, 3.05) is 6.67 Å². The van der Waals surface area contributed by atoms with Crippen LogP contribution < -0.4 is 5.32 Å². The monoisotopic (exact) mass is 135 g/mol. The van der Waals surface area contributed by atoms with Crippen molar-refractivity contribution in [1.82, 2.24) is 5.32 Å². The Kier molecular flexibility index (Phi) is 3.96. The Labute approximate surface area is 52.9 Å². The second kappa shape index (κ2) is 4.26. The highest BCUT2D eigenvalue weighted by Crippen LogP contribution is 1.86. The summed E-state index contributed by atoms with van der Waals surface area (Å²) in [5.74, 6) is -0.351. The lowest BCUT2D eigenvalue weighted by atomic mass is 10.4. The van der Waals surface area contributed by atoms with E-state index in [-0.39, 0.29) is 12.3 Å². The molecule has 0 aromatic heterocycles. The molecule has 54 valence electrons. The maximum absolute atomic E-state index is 11.4. The van der Waals surface area contributed by atoms with Crippen LogP contribution >= 0.6 is 0 Å². The predicted molar refractivity (Wildman–Crippen MR) is 30.4 cm³/mol. The number of carbonyl (C=O) groups is 1. The molecule has 0 heterocycles. The SMILES string of the molecule is CC(=O)NC(O)CCF. The number of amides is 1. The Morgan fingerprint density at radius 1 is 1.89 bits per heavy atom. The summed E-state index contributed by atoms with van der Waals surface area (Å²) in [7, 11) is 0. The van der Waals surface area contributed by atoms with E-state index in [1.54, 1.807) is 0 Å². The third-order valence-corrected chi connectivity index (χ3v) is 0.752. The van der Waals surface area contributed by atoms with Crippen molar-refractivity contribution in [2.24, 2.45) is 0 Å². The second-order valence-electron chi connectivity index (χ2n) is 1.69. The maximum Gasteiger partial charge on any atom is 0.218 e. The minimum atomic E-state index is -1.03. The molecular formula is C5H10FNO2. The van der Waals surface area contributed by atoms with E-state index in [0.29, 0.717) is 0 Å². The van der Waals surface area contributed by atoms with Crippen molar-refractivity contribution < 1.29 is 14.3 Å². The molecule has 0 spiro atoms. The smallest absolute Gasteiger partial charge is 0.218 e. The van der Waals surface area contributed by atoms with E-state index in [9.17, 15) is 9.18 Å². The second-order valence-corrected chi connectivity index (χ2v) is 1.69. The minimum Gasteiger partial charge on any atom is -0.374 e. The van der Waals surface area contributed by atoms with Crippen molar-refractivity contribution >= 4 is 5.91 Å². The highest BCUT2D eigenvalue weighted by molar-refractivity contribution is 5.72. The zero-order valence-electron chi connectivity index (χ0n) is 5.22. The number of nitrogens with one attached hydrogen (secondary N) is 1. The first kappa shape index (κ1) is 8.36. The Hall–Kier alpha value is -0.640. The van der Waals surface area contributed by atoms with Gasteiger partial charge >= 0.3 is 0 Å². The predicted octanol–water partition coefficient (Wildman–Crippen LogP) is -0.200. The van der Waals surface area contributed by atoms with Crippen LogP contribution in [0.4, 0.5) is 4.39 Å². The topological polar surface area (TPSA) is 49.3 Å². The molecule has 0 aromatic carbocycles. The standard InChI is InChI=1S/C5H10FNO2/c1-4(8)7-5(9)2-3-6/h5,9H,2-3H2,1H3,(H,7,8). The molecule has 0 aromatic rings. The quantitative estimate of drug-likeness (QED) is 0.526. The third kappa shape index (κ3) is 5.23. The number of carbonyl (C=O) groups excluding carboxylic acids is 1. The molecule has 1 atom stereocenters. The molecule has 2 N–H and O–H groups in total. The summed E-state index contributed by atoms with van der Waals surface area (Å²) in [5, 5.41) is 10.8. The van der Waals surface area contributed by atoms with Gasteiger partial charge < -0.3 is 10.4 Å². The number of hydrogen-bond donors (Lipinski definition) is 2. The van der Waals surface area contributed by atoms with Gasteiger partial charge in [0.2, 0.25) is 5.91 Å². The molecule has 1 amide bonds. The average Bonchev–Trinajstić information content (AvgIpc) is 1.63. The van der Waals surface area contributed by atoms with E-state index < -0.39 is 12.9 Å². The van der Waals surface area contributed by atoms with Crippen LogP contribution in [0.1, 0.15) is 13.3 Å². The molecule has 0 fully saturated rings. The lowest BCUT2D eigenvalue weighted by Crippen LogP contribution is -2.32. The van der Waals surface area contributed by atoms with Gasteiger partial charge in [0, 0.05) is 13.3 Å². The summed E-state index contributed by atoms with van der Waals surface area (Å²) < 4.78 is 11.4. The first-order chi connectivity index (χ1) is 4.16. The maximum atomic E-state index is 11.4. The number of rotatable bonds is 3. The zero-order valence-corrected chi connectivity index (χ0v) is 5.22. The number of aliphatic hydroxyl groups is 1. The highest BCUT2D eigenvalue weighted by atomic mass is 19.1.